The Morgan fingerprint density at radius 1 is 1.30 bits per heavy atom. The van der Waals surface area contributed by atoms with Crippen LogP contribution in [0.25, 0.3) is 10.2 Å². The van der Waals surface area contributed by atoms with Gasteiger partial charge in [-0.3, -0.25) is 9.78 Å². The summed E-state index contributed by atoms with van der Waals surface area (Å²) in [5, 5.41) is 0.815. The van der Waals surface area contributed by atoms with E-state index in [1.807, 2.05) is 24.3 Å². The number of para-hydroxylation sites is 1. The summed E-state index contributed by atoms with van der Waals surface area (Å²) in [6.45, 7) is 0. The van der Waals surface area contributed by atoms with Gasteiger partial charge in [-0.05, 0) is 18.2 Å². The van der Waals surface area contributed by atoms with Crippen LogP contribution >= 0.6 is 11.3 Å². The van der Waals surface area contributed by atoms with Gasteiger partial charge in [0.25, 0.3) is 0 Å². The third-order valence-corrected chi connectivity index (χ3v) is 3.99. The van der Waals surface area contributed by atoms with E-state index in [0.29, 0.717) is 11.3 Å². The average molecular weight is 284 g/mol. The van der Waals surface area contributed by atoms with Gasteiger partial charge in [-0.2, -0.15) is 0 Å². The topological polar surface area (TPSA) is 52.1 Å². The van der Waals surface area contributed by atoms with Crippen LogP contribution in [0.15, 0.2) is 42.7 Å². The molecular weight excluding hydrogens is 272 g/mol. The fourth-order valence-electron chi connectivity index (χ4n) is 2.00. The number of pyridine rings is 1. The van der Waals surface area contributed by atoms with Crippen molar-refractivity contribution < 1.29 is 9.53 Å². The van der Waals surface area contributed by atoms with Crippen LogP contribution in [-0.4, -0.2) is 22.9 Å². The van der Waals surface area contributed by atoms with Gasteiger partial charge in [-0.1, -0.05) is 12.1 Å². The Kier molecular flexibility index (Phi) is 3.43. The second kappa shape index (κ2) is 5.38. The number of hydrogen-bond donors (Lipinski definition) is 0. The van der Waals surface area contributed by atoms with Crippen LogP contribution in [0.1, 0.15) is 15.4 Å². The third-order valence-electron chi connectivity index (χ3n) is 2.95. The van der Waals surface area contributed by atoms with E-state index in [-0.39, 0.29) is 12.2 Å². The highest BCUT2D eigenvalue weighted by Gasteiger charge is 2.15. The normalized spacial score (nSPS) is 10.7. The highest BCUT2D eigenvalue weighted by molar-refractivity contribution is 7.18. The zero-order valence-corrected chi connectivity index (χ0v) is 11.7. The predicted molar refractivity (Wildman–Crippen MR) is 78.4 cm³/mol. The molecule has 0 aliphatic rings. The van der Waals surface area contributed by atoms with Crippen molar-refractivity contribution in [2.45, 2.75) is 6.42 Å². The fraction of sp³-hybridized carbons (Fsp3) is 0.133. The van der Waals surface area contributed by atoms with Crippen LogP contribution in [0, 0.1) is 0 Å². The van der Waals surface area contributed by atoms with Crippen molar-refractivity contribution in [3.8, 4) is 5.75 Å². The molecule has 0 unspecified atom stereocenters. The number of benzene rings is 1. The lowest BCUT2D eigenvalue weighted by Crippen LogP contribution is -2.05. The number of Topliss-reactive ketones (excluding diaryl/α,β-unsaturated/α-hetero) is 1. The summed E-state index contributed by atoms with van der Waals surface area (Å²) in [5.41, 5.74) is 1.48. The van der Waals surface area contributed by atoms with Crippen LogP contribution < -0.4 is 4.74 Å². The van der Waals surface area contributed by atoms with E-state index in [1.165, 1.54) is 7.11 Å². The number of ketones is 1. The standard InChI is InChI=1S/C15H12N2O2S/c1-19-13-9-16-7-6-10(13)12(18)8-15-17-11-4-2-3-5-14(11)20-15/h2-7,9H,8H2,1H3. The molecule has 0 saturated carbocycles. The monoisotopic (exact) mass is 284 g/mol. The summed E-state index contributed by atoms with van der Waals surface area (Å²) in [5.74, 6) is 0.488. The quantitative estimate of drug-likeness (QED) is 0.691. The van der Waals surface area contributed by atoms with Gasteiger partial charge in [0.05, 0.1) is 35.5 Å². The van der Waals surface area contributed by atoms with Gasteiger partial charge in [0, 0.05) is 6.20 Å². The molecule has 0 aliphatic heterocycles. The van der Waals surface area contributed by atoms with Gasteiger partial charge in [-0.15, -0.1) is 11.3 Å². The Morgan fingerprint density at radius 3 is 2.95 bits per heavy atom. The molecule has 0 saturated heterocycles. The number of rotatable bonds is 4. The van der Waals surface area contributed by atoms with Crippen LogP contribution in [0.2, 0.25) is 0 Å². The number of methoxy groups -OCH3 is 1. The number of fused-ring (bicyclic) bond motifs is 1. The first-order valence-corrected chi connectivity index (χ1v) is 6.95. The van der Waals surface area contributed by atoms with E-state index in [1.54, 1.807) is 29.8 Å². The zero-order valence-electron chi connectivity index (χ0n) is 10.9. The molecule has 1 aromatic carbocycles. The van der Waals surface area contributed by atoms with Crippen LogP contribution in [0.3, 0.4) is 0 Å². The number of ether oxygens (including phenoxy) is 1. The first-order chi connectivity index (χ1) is 9.78. The van der Waals surface area contributed by atoms with Gasteiger partial charge >= 0.3 is 0 Å². The van der Waals surface area contributed by atoms with E-state index >= 15 is 0 Å². The zero-order chi connectivity index (χ0) is 13.9. The molecule has 5 heteroatoms. The minimum Gasteiger partial charge on any atom is -0.494 e. The molecule has 4 nitrogen and oxygen atoms in total. The number of carbonyl (C=O) groups excluding carboxylic acids is 1. The van der Waals surface area contributed by atoms with E-state index in [2.05, 4.69) is 9.97 Å². The number of carbonyl (C=O) groups is 1. The summed E-state index contributed by atoms with van der Waals surface area (Å²) in [7, 11) is 1.53. The van der Waals surface area contributed by atoms with Crippen molar-refractivity contribution in [3.63, 3.8) is 0 Å². The van der Waals surface area contributed by atoms with Crippen molar-refractivity contribution in [1.29, 1.82) is 0 Å². The van der Waals surface area contributed by atoms with Crippen LogP contribution in [0.5, 0.6) is 5.75 Å². The predicted octanol–water partition coefficient (Wildman–Crippen LogP) is 3.13. The minimum absolute atomic E-state index is 0.0108. The van der Waals surface area contributed by atoms with Crippen LogP contribution in [-0.2, 0) is 6.42 Å². The smallest absolute Gasteiger partial charge is 0.173 e. The van der Waals surface area contributed by atoms with Gasteiger partial charge in [0.2, 0.25) is 0 Å². The Hall–Kier alpha value is -2.27. The first-order valence-electron chi connectivity index (χ1n) is 6.13. The first kappa shape index (κ1) is 12.7. The van der Waals surface area contributed by atoms with Gasteiger partial charge < -0.3 is 4.74 Å². The Bertz CT molecular complexity index is 734. The molecule has 0 fully saturated rings. The van der Waals surface area contributed by atoms with Gasteiger partial charge in [0.1, 0.15) is 10.8 Å². The maximum Gasteiger partial charge on any atom is 0.173 e. The SMILES string of the molecule is COc1cnccc1C(=O)Cc1nc2ccccc2s1. The molecule has 0 spiro atoms. The molecule has 0 radical (unpaired) electrons. The molecule has 0 aliphatic carbocycles. The van der Waals surface area contributed by atoms with Gasteiger partial charge in [0.15, 0.2) is 5.78 Å². The molecule has 3 aromatic rings. The Balaban J connectivity index is 1.88. The molecular formula is C15H12N2O2S. The Labute approximate surface area is 120 Å². The lowest BCUT2D eigenvalue weighted by Gasteiger charge is -2.05. The van der Waals surface area contributed by atoms with Crippen molar-refractivity contribution in [1.82, 2.24) is 9.97 Å². The molecule has 0 bridgehead atoms. The highest BCUT2D eigenvalue weighted by atomic mass is 32.1. The second-order valence-electron chi connectivity index (χ2n) is 4.25. The Morgan fingerprint density at radius 2 is 2.15 bits per heavy atom. The highest BCUT2D eigenvalue weighted by Crippen LogP contribution is 2.24. The number of nitrogens with zero attached hydrogens (tertiary/aromatic N) is 2. The van der Waals surface area contributed by atoms with E-state index < -0.39 is 0 Å². The van der Waals surface area contributed by atoms with Crippen molar-refractivity contribution in [2.75, 3.05) is 7.11 Å². The van der Waals surface area contributed by atoms with E-state index in [9.17, 15) is 4.79 Å². The molecule has 20 heavy (non-hydrogen) atoms. The van der Waals surface area contributed by atoms with E-state index in [0.717, 1.165) is 15.2 Å². The summed E-state index contributed by atoms with van der Waals surface area (Å²) in [6, 6.07) is 9.55. The third kappa shape index (κ3) is 2.40. The number of thiazole rings is 1. The molecule has 0 amide bonds. The molecule has 0 N–H and O–H groups in total. The molecule has 100 valence electrons. The molecule has 3 rings (SSSR count). The lowest BCUT2D eigenvalue weighted by atomic mass is 10.1. The summed E-state index contributed by atoms with van der Waals surface area (Å²) < 4.78 is 6.26. The maximum atomic E-state index is 12.3. The summed E-state index contributed by atoms with van der Waals surface area (Å²) >= 11 is 1.55. The van der Waals surface area contributed by atoms with Crippen molar-refractivity contribution >= 4 is 27.3 Å². The van der Waals surface area contributed by atoms with Crippen LogP contribution in [0.4, 0.5) is 0 Å². The second-order valence-corrected chi connectivity index (χ2v) is 5.37. The molecule has 2 heterocycles. The van der Waals surface area contributed by atoms with Crippen molar-refractivity contribution in [2.24, 2.45) is 0 Å². The number of aromatic nitrogens is 2. The van der Waals surface area contributed by atoms with Gasteiger partial charge in [-0.25, -0.2) is 4.98 Å². The van der Waals surface area contributed by atoms with Crippen molar-refractivity contribution in [3.05, 3.63) is 53.3 Å². The molecule has 2 aromatic heterocycles. The summed E-state index contributed by atoms with van der Waals surface area (Å²) in [6.07, 6.45) is 3.42. The lowest BCUT2D eigenvalue weighted by molar-refractivity contribution is 0.0990. The minimum atomic E-state index is -0.0108. The fourth-order valence-corrected chi connectivity index (χ4v) is 2.97. The summed E-state index contributed by atoms with van der Waals surface area (Å²) in [4.78, 5) is 20.8. The largest absolute Gasteiger partial charge is 0.494 e. The van der Waals surface area contributed by atoms with E-state index in [4.69, 9.17) is 4.74 Å². The average Bonchev–Trinajstić information content (AvgIpc) is 2.89. The molecule has 0 atom stereocenters. The maximum absolute atomic E-state index is 12.3. The number of hydrogen-bond acceptors (Lipinski definition) is 5.